The van der Waals surface area contributed by atoms with E-state index in [1.165, 1.54) is 0 Å². The van der Waals surface area contributed by atoms with E-state index in [2.05, 4.69) is 11.9 Å². The van der Waals surface area contributed by atoms with Gasteiger partial charge in [-0.15, -0.1) is 11.3 Å². The number of aliphatic hydroxyl groups is 1. The fourth-order valence-corrected chi connectivity index (χ4v) is 1.96. The highest BCUT2D eigenvalue weighted by Crippen LogP contribution is 2.24. The van der Waals surface area contributed by atoms with Crippen molar-refractivity contribution in [1.29, 1.82) is 0 Å². The third-order valence-electron chi connectivity index (χ3n) is 1.82. The summed E-state index contributed by atoms with van der Waals surface area (Å²) >= 11 is 1.55. The predicted octanol–water partition coefficient (Wildman–Crippen LogP) is 2.39. The van der Waals surface area contributed by atoms with E-state index in [0.29, 0.717) is 0 Å². The van der Waals surface area contributed by atoms with Crippen LogP contribution in [0.2, 0.25) is 0 Å². The summed E-state index contributed by atoms with van der Waals surface area (Å²) < 4.78 is 0. The average molecular weight is 185 g/mol. The van der Waals surface area contributed by atoms with Gasteiger partial charge in [0.1, 0.15) is 11.1 Å². The van der Waals surface area contributed by atoms with Gasteiger partial charge in [-0.05, 0) is 12.3 Å². The van der Waals surface area contributed by atoms with Crippen LogP contribution in [0.1, 0.15) is 37.6 Å². The molecule has 1 N–H and O–H groups in total. The molecular weight excluding hydrogens is 170 g/mol. The minimum atomic E-state index is -0.393. The number of hydrogen-bond donors (Lipinski definition) is 1. The van der Waals surface area contributed by atoms with Gasteiger partial charge in [0.05, 0.1) is 5.69 Å². The zero-order valence-electron chi connectivity index (χ0n) is 7.74. The lowest BCUT2D eigenvalue weighted by atomic mass is 10.1. The molecule has 3 heteroatoms. The molecule has 0 spiro atoms. The summed E-state index contributed by atoms with van der Waals surface area (Å²) in [5, 5.41) is 12.5. The van der Waals surface area contributed by atoms with Crippen LogP contribution in [0.15, 0.2) is 5.38 Å². The van der Waals surface area contributed by atoms with Crippen molar-refractivity contribution < 1.29 is 5.11 Å². The highest BCUT2D eigenvalue weighted by atomic mass is 32.1. The van der Waals surface area contributed by atoms with Crippen molar-refractivity contribution in [2.75, 3.05) is 0 Å². The van der Waals surface area contributed by atoms with Crippen LogP contribution in [0, 0.1) is 5.92 Å². The van der Waals surface area contributed by atoms with Gasteiger partial charge in [0.25, 0.3) is 0 Å². The second-order valence-corrected chi connectivity index (χ2v) is 4.11. The van der Waals surface area contributed by atoms with Crippen molar-refractivity contribution in [1.82, 2.24) is 4.98 Å². The lowest BCUT2D eigenvalue weighted by molar-refractivity contribution is 0.126. The molecule has 0 unspecified atom stereocenters. The highest BCUT2D eigenvalue weighted by molar-refractivity contribution is 7.09. The molecule has 68 valence electrons. The topological polar surface area (TPSA) is 33.1 Å². The van der Waals surface area contributed by atoms with Crippen LogP contribution in [-0.4, -0.2) is 10.1 Å². The SMILES string of the molecule is CCc1csc([C@H](O)C(C)C)n1. The number of rotatable bonds is 3. The first-order chi connectivity index (χ1) is 5.65. The summed E-state index contributed by atoms with van der Waals surface area (Å²) in [5.41, 5.74) is 1.08. The number of aryl methyl sites for hydroxylation is 1. The summed E-state index contributed by atoms with van der Waals surface area (Å²) in [4.78, 5) is 4.32. The first-order valence-electron chi connectivity index (χ1n) is 4.27. The van der Waals surface area contributed by atoms with Crippen molar-refractivity contribution in [2.24, 2.45) is 5.92 Å². The average Bonchev–Trinajstić information content (AvgIpc) is 2.50. The molecule has 2 nitrogen and oxygen atoms in total. The van der Waals surface area contributed by atoms with Crippen molar-refractivity contribution in [3.63, 3.8) is 0 Å². The summed E-state index contributed by atoms with van der Waals surface area (Å²) in [6.07, 6.45) is 0.553. The second kappa shape index (κ2) is 4.01. The maximum atomic E-state index is 9.65. The van der Waals surface area contributed by atoms with E-state index in [0.717, 1.165) is 17.1 Å². The number of nitrogens with zero attached hydrogens (tertiary/aromatic N) is 1. The molecule has 1 atom stereocenters. The van der Waals surface area contributed by atoms with Crippen LogP contribution in [-0.2, 0) is 6.42 Å². The Morgan fingerprint density at radius 2 is 2.25 bits per heavy atom. The van der Waals surface area contributed by atoms with E-state index in [9.17, 15) is 5.11 Å². The van der Waals surface area contributed by atoms with E-state index < -0.39 is 6.10 Å². The molecular formula is C9H15NOS. The molecule has 1 rings (SSSR count). The van der Waals surface area contributed by atoms with E-state index in [4.69, 9.17) is 0 Å². The molecule has 0 saturated heterocycles. The Hall–Kier alpha value is -0.410. The van der Waals surface area contributed by atoms with E-state index in [1.807, 2.05) is 19.2 Å². The Balaban J connectivity index is 2.74. The van der Waals surface area contributed by atoms with Gasteiger partial charge < -0.3 is 5.11 Å². The molecule has 1 aromatic heterocycles. The molecule has 0 saturated carbocycles. The molecule has 0 bridgehead atoms. The summed E-state index contributed by atoms with van der Waals surface area (Å²) in [6.45, 7) is 6.07. The van der Waals surface area contributed by atoms with Gasteiger partial charge in [0, 0.05) is 5.38 Å². The molecule has 0 aromatic carbocycles. The summed E-state index contributed by atoms with van der Waals surface area (Å²) in [5.74, 6) is 0.251. The summed E-state index contributed by atoms with van der Waals surface area (Å²) in [7, 11) is 0. The molecule has 1 heterocycles. The van der Waals surface area contributed by atoms with Crippen LogP contribution in [0.25, 0.3) is 0 Å². The number of aromatic nitrogens is 1. The molecule has 0 aliphatic carbocycles. The third-order valence-corrected chi connectivity index (χ3v) is 2.78. The highest BCUT2D eigenvalue weighted by Gasteiger charge is 2.15. The van der Waals surface area contributed by atoms with Gasteiger partial charge in [-0.3, -0.25) is 0 Å². The Morgan fingerprint density at radius 1 is 1.58 bits per heavy atom. The largest absolute Gasteiger partial charge is 0.386 e. The Kier molecular flexibility index (Phi) is 3.23. The first kappa shape index (κ1) is 9.68. The van der Waals surface area contributed by atoms with E-state index >= 15 is 0 Å². The lowest BCUT2D eigenvalue weighted by Crippen LogP contribution is -2.04. The van der Waals surface area contributed by atoms with E-state index in [-0.39, 0.29) is 5.92 Å². The quantitative estimate of drug-likeness (QED) is 0.784. The Labute approximate surface area is 77.3 Å². The summed E-state index contributed by atoms with van der Waals surface area (Å²) in [6, 6.07) is 0. The first-order valence-corrected chi connectivity index (χ1v) is 5.15. The smallest absolute Gasteiger partial charge is 0.122 e. The molecule has 0 aliphatic rings. The standard InChI is InChI=1S/C9H15NOS/c1-4-7-5-12-9(10-7)8(11)6(2)3/h5-6,8,11H,4H2,1-3H3/t8-/m1/s1. The van der Waals surface area contributed by atoms with Gasteiger partial charge in [-0.2, -0.15) is 0 Å². The van der Waals surface area contributed by atoms with Gasteiger partial charge in [-0.25, -0.2) is 4.98 Å². The number of aliphatic hydroxyl groups excluding tert-OH is 1. The van der Waals surface area contributed by atoms with Gasteiger partial charge >= 0.3 is 0 Å². The Bertz CT molecular complexity index is 244. The molecule has 12 heavy (non-hydrogen) atoms. The van der Waals surface area contributed by atoms with Crippen LogP contribution in [0.5, 0.6) is 0 Å². The van der Waals surface area contributed by atoms with Crippen molar-refractivity contribution in [3.8, 4) is 0 Å². The maximum absolute atomic E-state index is 9.65. The van der Waals surface area contributed by atoms with Gasteiger partial charge in [0.2, 0.25) is 0 Å². The van der Waals surface area contributed by atoms with Crippen LogP contribution < -0.4 is 0 Å². The number of hydrogen-bond acceptors (Lipinski definition) is 3. The van der Waals surface area contributed by atoms with Gasteiger partial charge in [0.15, 0.2) is 0 Å². The monoisotopic (exact) mass is 185 g/mol. The maximum Gasteiger partial charge on any atom is 0.122 e. The fourth-order valence-electron chi connectivity index (χ4n) is 0.906. The zero-order chi connectivity index (χ0) is 9.14. The van der Waals surface area contributed by atoms with Crippen LogP contribution in [0.4, 0.5) is 0 Å². The normalized spacial score (nSPS) is 13.8. The fraction of sp³-hybridized carbons (Fsp3) is 0.667. The minimum Gasteiger partial charge on any atom is -0.386 e. The van der Waals surface area contributed by atoms with Gasteiger partial charge in [-0.1, -0.05) is 20.8 Å². The predicted molar refractivity (Wildman–Crippen MR) is 51.3 cm³/mol. The lowest BCUT2D eigenvalue weighted by Gasteiger charge is -2.10. The number of thiazole rings is 1. The van der Waals surface area contributed by atoms with Crippen molar-refractivity contribution in [3.05, 3.63) is 16.1 Å². The van der Waals surface area contributed by atoms with Crippen molar-refractivity contribution >= 4 is 11.3 Å². The molecule has 0 fully saturated rings. The van der Waals surface area contributed by atoms with Crippen LogP contribution in [0.3, 0.4) is 0 Å². The minimum absolute atomic E-state index is 0.251. The molecule has 1 aromatic rings. The third kappa shape index (κ3) is 2.05. The molecule has 0 amide bonds. The Morgan fingerprint density at radius 3 is 2.67 bits per heavy atom. The van der Waals surface area contributed by atoms with Crippen LogP contribution >= 0.6 is 11.3 Å². The second-order valence-electron chi connectivity index (χ2n) is 3.22. The zero-order valence-corrected chi connectivity index (χ0v) is 8.56. The van der Waals surface area contributed by atoms with E-state index in [1.54, 1.807) is 11.3 Å². The molecule has 0 aliphatic heterocycles. The molecule has 0 radical (unpaired) electrons. The van der Waals surface area contributed by atoms with Crippen molar-refractivity contribution in [2.45, 2.75) is 33.3 Å².